The van der Waals surface area contributed by atoms with E-state index in [4.69, 9.17) is 5.73 Å². The summed E-state index contributed by atoms with van der Waals surface area (Å²) in [7, 11) is 0. The molecule has 0 bridgehead atoms. The summed E-state index contributed by atoms with van der Waals surface area (Å²) in [5.41, 5.74) is 5.22. The molecule has 114 valence electrons. The molecule has 0 radical (unpaired) electrons. The number of nitrogens with two attached hydrogens (primary N) is 1. The molecule has 2 heterocycles. The van der Waals surface area contributed by atoms with E-state index in [1.54, 1.807) is 11.8 Å². The van der Waals surface area contributed by atoms with Crippen LogP contribution in [0.25, 0.3) is 0 Å². The second-order valence-corrected chi connectivity index (χ2v) is 7.04. The molecule has 6 heteroatoms. The molecule has 20 heavy (non-hydrogen) atoms. The van der Waals surface area contributed by atoms with Crippen molar-refractivity contribution in [3.8, 4) is 0 Å². The first-order valence-corrected chi connectivity index (χ1v) is 8.58. The Balaban J connectivity index is 1.65. The molecule has 0 aromatic rings. The van der Waals surface area contributed by atoms with Gasteiger partial charge in [0.15, 0.2) is 0 Å². The number of primary amides is 1. The molecule has 0 saturated carbocycles. The second kappa shape index (κ2) is 7.88. The van der Waals surface area contributed by atoms with Crippen molar-refractivity contribution in [3.05, 3.63) is 0 Å². The lowest BCUT2D eigenvalue weighted by Crippen LogP contribution is -2.40. The molecule has 0 atom stereocenters. The summed E-state index contributed by atoms with van der Waals surface area (Å²) in [5, 5.41) is 3.97. The van der Waals surface area contributed by atoms with Crippen molar-refractivity contribution < 1.29 is 9.59 Å². The molecule has 0 aliphatic carbocycles. The van der Waals surface area contributed by atoms with Crippen LogP contribution in [0.3, 0.4) is 0 Å². The van der Waals surface area contributed by atoms with E-state index in [1.165, 1.54) is 12.8 Å². The van der Waals surface area contributed by atoms with Crippen LogP contribution < -0.4 is 11.1 Å². The van der Waals surface area contributed by atoms with E-state index >= 15 is 0 Å². The quantitative estimate of drug-likeness (QED) is 0.779. The van der Waals surface area contributed by atoms with Gasteiger partial charge in [0.2, 0.25) is 11.8 Å². The summed E-state index contributed by atoms with van der Waals surface area (Å²) in [6.45, 7) is 3.71. The summed E-state index contributed by atoms with van der Waals surface area (Å²) in [4.78, 5) is 25.0. The molecule has 0 unspecified atom stereocenters. The molecule has 2 amide bonds. The zero-order valence-corrected chi connectivity index (χ0v) is 12.8. The number of amides is 2. The molecule has 2 fully saturated rings. The van der Waals surface area contributed by atoms with Crippen LogP contribution in [0.1, 0.15) is 32.1 Å². The molecule has 2 saturated heterocycles. The Morgan fingerprint density at radius 2 is 1.80 bits per heavy atom. The molecule has 2 aliphatic heterocycles. The fourth-order valence-corrected chi connectivity index (χ4v) is 4.04. The minimum absolute atomic E-state index is 0.226. The van der Waals surface area contributed by atoms with Gasteiger partial charge in [0.05, 0.1) is 5.75 Å². The van der Waals surface area contributed by atoms with Crippen molar-refractivity contribution in [1.82, 2.24) is 10.2 Å². The van der Waals surface area contributed by atoms with Gasteiger partial charge in [-0.15, -0.1) is 11.8 Å². The molecule has 3 N–H and O–H groups in total. The van der Waals surface area contributed by atoms with Gasteiger partial charge in [-0.3, -0.25) is 9.59 Å². The highest BCUT2D eigenvalue weighted by atomic mass is 32.2. The van der Waals surface area contributed by atoms with E-state index in [9.17, 15) is 9.59 Å². The highest BCUT2D eigenvalue weighted by molar-refractivity contribution is 8.00. The van der Waals surface area contributed by atoms with Crippen molar-refractivity contribution in [2.24, 2.45) is 11.7 Å². The Bertz CT molecular complexity index is 337. The van der Waals surface area contributed by atoms with Crippen LogP contribution in [0.15, 0.2) is 0 Å². The van der Waals surface area contributed by atoms with Crippen LogP contribution in [-0.4, -0.2) is 53.9 Å². The van der Waals surface area contributed by atoms with E-state index in [2.05, 4.69) is 5.32 Å². The van der Waals surface area contributed by atoms with E-state index in [1.807, 2.05) is 4.90 Å². The van der Waals surface area contributed by atoms with E-state index in [0.29, 0.717) is 23.3 Å². The average molecular weight is 299 g/mol. The lowest BCUT2D eigenvalue weighted by atomic mass is 9.93. The van der Waals surface area contributed by atoms with Gasteiger partial charge < -0.3 is 16.0 Å². The number of nitrogens with zero attached hydrogens (tertiary/aromatic N) is 1. The maximum absolute atomic E-state index is 12.2. The Kier molecular flexibility index (Phi) is 6.16. The molecule has 0 aromatic carbocycles. The SMILES string of the molecule is NC(=O)CC1CCN(C(=O)CSC2CCNCC2)CC1. The Hall–Kier alpha value is -0.750. The van der Waals surface area contributed by atoms with E-state index in [-0.39, 0.29) is 11.8 Å². The lowest BCUT2D eigenvalue weighted by molar-refractivity contribution is -0.129. The second-order valence-electron chi connectivity index (χ2n) is 5.75. The number of likely N-dealkylation sites (tertiary alicyclic amines) is 1. The third-order valence-electron chi connectivity index (χ3n) is 4.19. The lowest BCUT2D eigenvalue weighted by Gasteiger charge is -2.32. The van der Waals surface area contributed by atoms with Gasteiger partial charge in [0.1, 0.15) is 0 Å². The maximum Gasteiger partial charge on any atom is 0.232 e. The third-order valence-corrected chi connectivity index (χ3v) is 5.54. The fourth-order valence-electron chi connectivity index (χ4n) is 2.91. The largest absolute Gasteiger partial charge is 0.370 e. The van der Waals surface area contributed by atoms with Crippen LogP contribution in [0.4, 0.5) is 0 Å². The van der Waals surface area contributed by atoms with E-state index in [0.717, 1.165) is 39.0 Å². The predicted octanol–water partition coefficient (Wildman–Crippen LogP) is 0.586. The van der Waals surface area contributed by atoms with Crippen molar-refractivity contribution in [3.63, 3.8) is 0 Å². The van der Waals surface area contributed by atoms with Gasteiger partial charge in [-0.25, -0.2) is 0 Å². The van der Waals surface area contributed by atoms with Crippen molar-refractivity contribution in [2.45, 2.75) is 37.4 Å². The van der Waals surface area contributed by atoms with Gasteiger partial charge in [-0.1, -0.05) is 0 Å². The number of hydrogen-bond donors (Lipinski definition) is 2. The van der Waals surface area contributed by atoms with Crippen molar-refractivity contribution in [1.29, 1.82) is 0 Å². The number of carbonyl (C=O) groups excluding carboxylic acids is 2. The predicted molar refractivity (Wildman–Crippen MR) is 81.5 cm³/mol. The minimum atomic E-state index is -0.226. The van der Waals surface area contributed by atoms with Gasteiger partial charge in [-0.2, -0.15) is 0 Å². The van der Waals surface area contributed by atoms with Crippen LogP contribution in [0.2, 0.25) is 0 Å². The van der Waals surface area contributed by atoms with Crippen LogP contribution in [0.5, 0.6) is 0 Å². The summed E-state index contributed by atoms with van der Waals surface area (Å²) >= 11 is 1.81. The molecule has 5 nitrogen and oxygen atoms in total. The first-order chi connectivity index (χ1) is 9.65. The average Bonchev–Trinajstić information content (AvgIpc) is 2.46. The third kappa shape index (κ3) is 4.98. The summed E-state index contributed by atoms with van der Waals surface area (Å²) in [5.74, 6) is 1.00. The fraction of sp³-hybridized carbons (Fsp3) is 0.857. The van der Waals surface area contributed by atoms with Crippen LogP contribution in [-0.2, 0) is 9.59 Å². The number of nitrogens with one attached hydrogen (secondary N) is 1. The van der Waals surface area contributed by atoms with E-state index < -0.39 is 0 Å². The first-order valence-electron chi connectivity index (χ1n) is 7.53. The Morgan fingerprint density at radius 1 is 1.15 bits per heavy atom. The summed E-state index contributed by atoms with van der Waals surface area (Å²) in [6, 6.07) is 0. The molecule has 2 rings (SSSR count). The molecular formula is C14H25N3O2S. The van der Waals surface area contributed by atoms with Crippen molar-refractivity contribution in [2.75, 3.05) is 31.9 Å². The highest BCUT2D eigenvalue weighted by Gasteiger charge is 2.24. The van der Waals surface area contributed by atoms with Gasteiger partial charge >= 0.3 is 0 Å². The maximum atomic E-state index is 12.2. The molecular weight excluding hydrogens is 274 g/mol. The summed E-state index contributed by atoms with van der Waals surface area (Å²) in [6.07, 6.45) is 4.61. The van der Waals surface area contributed by atoms with Crippen molar-refractivity contribution >= 4 is 23.6 Å². The number of hydrogen-bond acceptors (Lipinski definition) is 4. The van der Waals surface area contributed by atoms with Crippen LogP contribution in [0, 0.1) is 5.92 Å². The minimum Gasteiger partial charge on any atom is -0.370 e. The van der Waals surface area contributed by atoms with Crippen LogP contribution >= 0.6 is 11.8 Å². The Morgan fingerprint density at radius 3 is 2.40 bits per heavy atom. The Labute approximate surface area is 125 Å². The van der Waals surface area contributed by atoms with Gasteiger partial charge in [0.25, 0.3) is 0 Å². The number of piperidine rings is 2. The molecule has 0 aromatic heterocycles. The standard InChI is InChI=1S/C14H25N3O2S/c15-13(18)9-11-3-7-17(8-4-11)14(19)10-20-12-1-5-16-6-2-12/h11-12,16H,1-10H2,(H2,15,18). The number of rotatable bonds is 5. The topological polar surface area (TPSA) is 75.4 Å². The monoisotopic (exact) mass is 299 g/mol. The smallest absolute Gasteiger partial charge is 0.232 e. The normalized spacial score (nSPS) is 21.9. The highest BCUT2D eigenvalue weighted by Crippen LogP contribution is 2.23. The number of thioether (sulfide) groups is 1. The summed E-state index contributed by atoms with van der Waals surface area (Å²) < 4.78 is 0. The molecule has 0 spiro atoms. The molecule has 2 aliphatic rings. The van der Waals surface area contributed by atoms with Gasteiger partial charge in [0, 0.05) is 24.8 Å². The zero-order valence-electron chi connectivity index (χ0n) is 12.0. The number of carbonyl (C=O) groups is 2. The first kappa shape index (κ1) is 15.6. The van der Waals surface area contributed by atoms with Gasteiger partial charge in [-0.05, 0) is 44.7 Å². The zero-order chi connectivity index (χ0) is 14.4.